The van der Waals surface area contributed by atoms with Crippen molar-refractivity contribution in [3.63, 3.8) is 0 Å². The SMILES string of the molecule is CCCc1cc(C=C(OC)C(=O)c2ccc(OC(=O)C(C)(C)C)cc2)c(OCC)c(CCC)c1OC(=O)C(C)(C)C. The second-order valence-corrected chi connectivity index (χ2v) is 12.0. The molecule has 224 valence electrons. The van der Waals surface area contributed by atoms with E-state index in [0.717, 1.165) is 24.0 Å². The van der Waals surface area contributed by atoms with Crippen molar-refractivity contribution in [1.82, 2.24) is 0 Å². The van der Waals surface area contributed by atoms with E-state index in [4.69, 9.17) is 18.9 Å². The lowest BCUT2D eigenvalue weighted by Gasteiger charge is -2.23. The second-order valence-electron chi connectivity index (χ2n) is 12.0. The van der Waals surface area contributed by atoms with Gasteiger partial charge in [-0.25, -0.2) is 0 Å². The smallest absolute Gasteiger partial charge is 0.316 e. The predicted octanol–water partition coefficient (Wildman–Crippen LogP) is 7.76. The fourth-order valence-electron chi connectivity index (χ4n) is 3.95. The van der Waals surface area contributed by atoms with Gasteiger partial charge < -0.3 is 18.9 Å². The molecule has 41 heavy (non-hydrogen) atoms. The molecule has 0 aromatic heterocycles. The number of esters is 2. The average molecular weight is 567 g/mol. The molecule has 7 heteroatoms. The zero-order chi connectivity index (χ0) is 31.0. The third-order valence-corrected chi connectivity index (χ3v) is 6.22. The Kier molecular flexibility index (Phi) is 11.7. The van der Waals surface area contributed by atoms with Crippen LogP contribution in [-0.4, -0.2) is 31.4 Å². The maximum atomic E-state index is 13.5. The lowest BCUT2D eigenvalue weighted by atomic mass is 9.94. The van der Waals surface area contributed by atoms with E-state index in [1.807, 2.05) is 33.8 Å². The Morgan fingerprint density at radius 1 is 0.780 bits per heavy atom. The monoisotopic (exact) mass is 566 g/mol. The van der Waals surface area contributed by atoms with Gasteiger partial charge in [0.2, 0.25) is 5.78 Å². The van der Waals surface area contributed by atoms with Gasteiger partial charge in [-0.05, 0) is 103 Å². The van der Waals surface area contributed by atoms with Gasteiger partial charge in [0.05, 0.1) is 24.5 Å². The zero-order valence-electron chi connectivity index (χ0n) is 26.4. The van der Waals surface area contributed by atoms with Gasteiger partial charge in [0, 0.05) is 16.7 Å². The van der Waals surface area contributed by atoms with Crippen LogP contribution >= 0.6 is 0 Å². The summed E-state index contributed by atoms with van der Waals surface area (Å²) in [6.45, 7) is 17.2. The summed E-state index contributed by atoms with van der Waals surface area (Å²) in [5, 5.41) is 0. The molecular formula is C34H46O7. The Bertz CT molecular complexity index is 1260. The number of benzene rings is 2. The summed E-state index contributed by atoms with van der Waals surface area (Å²) in [6.07, 6.45) is 4.63. The largest absolute Gasteiger partial charge is 0.493 e. The molecule has 0 spiro atoms. The molecule has 0 aliphatic heterocycles. The normalized spacial score (nSPS) is 12.1. The number of aryl methyl sites for hydroxylation is 1. The molecular weight excluding hydrogens is 520 g/mol. The Morgan fingerprint density at radius 2 is 1.34 bits per heavy atom. The number of methoxy groups -OCH3 is 1. The summed E-state index contributed by atoms with van der Waals surface area (Å²) in [4.78, 5) is 38.6. The molecule has 0 aliphatic carbocycles. The van der Waals surface area contributed by atoms with Crippen LogP contribution < -0.4 is 14.2 Å². The molecule has 0 radical (unpaired) electrons. The van der Waals surface area contributed by atoms with E-state index in [9.17, 15) is 14.4 Å². The molecule has 0 bridgehead atoms. The van der Waals surface area contributed by atoms with Gasteiger partial charge in [-0.15, -0.1) is 0 Å². The molecule has 0 saturated carbocycles. The van der Waals surface area contributed by atoms with Crippen LogP contribution in [0.25, 0.3) is 6.08 Å². The van der Waals surface area contributed by atoms with Crippen LogP contribution in [0.15, 0.2) is 36.1 Å². The highest BCUT2D eigenvalue weighted by molar-refractivity contribution is 6.10. The fraction of sp³-hybridized carbons (Fsp3) is 0.500. The Labute approximate surface area is 245 Å². The van der Waals surface area contributed by atoms with Crippen molar-refractivity contribution in [1.29, 1.82) is 0 Å². The van der Waals surface area contributed by atoms with Crippen LogP contribution in [0.3, 0.4) is 0 Å². The standard InChI is InChI=1S/C34H46O7/c1-11-14-23-20-24(29(39-13-3)26(15-12-2)30(23)41-32(37)34(7,8)9)21-27(38-10)28(35)22-16-18-25(19-17-22)40-31(36)33(4,5)6/h16-21H,11-15H2,1-10H3. The Hall–Kier alpha value is -3.61. The Balaban J connectivity index is 2.61. The molecule has 2 rings (SSSR count). The molecule has 0 saturated heterocycles. The molecule has 2 aromatic rings. The van der Waals surface area contributed by atoms with Gasteiger partial charge in [-0.2, -0.15) is 0 Å². The highest BCUT2D eigenvalue weighted by Crippen LogP contribution is 2.40. The van der Waals surface area contributed by atoms with Gasteiger partial charge in [0.25, 0.3) is 0 Å². The number of ether oxygens (including phenoxy) is 4. The van der Waals surface area contributed by atoms with Gasteiger partial charge in [-0.3, -0.25) is 14.4 Å². The minimum Gasteiger partial charge on any atom is -0.493 e. The van der Waals surface area contributed by atoms with E-state index in [1.165, 1.54) is 7.11 Å². The second kappa shape index (κ2) is 14.3. The van der Waals surface area contributed by atoms with Crippen molar-refractivity contribution < 1.29 is 33.3 Å². The molecule has 0 aliphatic rings. The maximum absolute atomic E-state index is 13.5. The summed E-state index contributed by atoms with van der Waals surface area (Å²) in [6, 6.07) is 8.30. The van der Waals surface area contributed by atoms with Crippen molar-refractivity contribution in [2.45, 2.75) is 88.0 Å². The van der Waals surface area contributed by atoms with Crippen LogP contribution in [0.2, 0.25) is 0 Å². The average Bonchev–Trinajstić information content (AvgIpc) is 2.89. The highest BCUT2D eigenvalue weighted by atomic mass is 16.5. The lowest BCUT2D eigenvalue weighted by molar-refractivity contribution is -0.143. The predicted molar refractivity (Wildman–Crippen MR) is 162 cm³/mol. The number of ketones is 1. The van der Waals surface area contributed by atoms with E-state index in [2.05, 4.69) is 13.8 Å². The van der Waals surface area contributed by atoms with E-state index >= 15 is 0 Å². The van der Waals surface area contributed by atoms with Crippen LogP contribution in [0, 0.1) is 10.8 Å². The van der Waals surface area contributed by atoms with E-state index in [0.29, 0.717) is 47.8 Å². The molecule has 0 unspecified atom stereocenters. The fourth-order valence-corrected chi connectivity index (χ4v) is 3.95. The van der Waals surface area contributed by atoms with Crippen molar-refractivity contribution in [3.8, 4) is 17.2 Å². The first kappa shape index (κ1) is 33.6. The third-order valence-electron chi connectivity index (χ3n) is 6.22. The molecule has 2 aromatic carbocycles. The highest BCUT2D eigenvalue weighted by Gasteiger charge is 2.28. The van der Waals surface area contributed by atoms with Gasteiger partial charge >= 0.3 is 11.9 Å². The summed E-state index contributed by atoms with van der Waals surface area (Å²) in [5.41, 5.74) is 1.41. The first-order valence-electron chi connectivity index (χ1n) is 14.3. The minimum atomic E-state index is -0.673. The third kappa shape index (κ3) is 8.94. The molecule has 0 N–H and O–H groups in total. The first-order chi connectivity index (χ1) is 19.2. The number of hydrogen-bond acceptors (Lipinski definition) is 7. The van der Waals surface area contributed by atoms with Crippen LogP contribution in [-0.2, 0) is 27.2 Å². The topological polar surface area (TPSA) is 88.1 Å². The van der Waals surface area contributed by atoms with E-state index < -0.39 is 10.8 Å². The minimum absolute atomic E-state index is 0.120. The molecule has 0 amide bonds. The summed E-state index contributed by atoms with van der Waals surface area (Å²) in [7, 11) is 1.45. The van der Waals surface area contributed by atoms with Crippen LogP contribution in [0.1, 0.15) is 102 Å². The van der Waals surface area contributed by atoms with Gasteiger partial charge in [0.15, 0.2) is 5.76 Å². The number of Topliss-reactive ketones (excluding diaryl/α,β-unsaturated/α-hetero) is 1. The summed E-state index contributed by atoms with van der Waals surface area (Å²) in [5.74, 6) is 0.576. The number of carbonyl (C=O) groups excluding carboxylic acids is 3. The summed E-state index contributed by atoms with van der Waals surface area (Å²) < 4.78 is 23.1. The van der Waals surface area contributed by atoms with Crippen molar-refractivity contribution >= 4 is 23.8 Å². The first-order valence-corrected chi connectivity index (χ1v) is 14.3. The molecule has 0 heterocycles. The molecule has 0 atom stereocenters. The van der Waals surface area contributed by atoms with Gasteiger partial charge in [-0.1, -0.05) is 26.7 Å². The quantitative estimate of drug-likeness (QED) is 0.0853. The summed E-state index contributed by atoms with van der Waals surface area (Å²) >= 11 is 0. The van der Waals surface area contributed by atoms with Crippen molar-refractivity contribution in [2.75, 3.05) is 13.7 Å². The zero-order valence-corrected chi connectivity index (χ0v) is 26.4. The van der Waals surface area contributed by atoms with E-state index in [-0.39, 0.29) is 23.5 Å². The number of carbonyl (C=O) groups is 3. The Morgan fingerprint density at radius 3 is 1.83 bits per heavy atom. The van der Waals surface area contributed by atoms with Crippen LogP contribution in [0.5, 0.6) is 17.2 Å². The van der Waals surface area contributed by atoms with Gasteiger partial charge in [0.1, 0.15) is 17.2 Å². The number of allylic oxidation sites excluding steroid dienone is 1. The molecule has 0 fully saturated rings. The van der Waals surface area contributed by atoms with Crippen molar-refractivity contribution in [2.24, 2.45) is 10.8 Å². The maximum Gasteiger partial charge on any atom is 0.316 e. The van der Waals surface area contributed by atoms with E-state index in [1.54, 1.807) is 51.1 Å². The lowest BCUT2D eigenvalue weighted by Crippen LogP contribution is -2.26. The number of hydrogen-bond donors (Lipinski definition) is 0. The molecule has 7 nitrogen and oxygen atoms in total. The van der Waals surface area contributed by atoms with Crippen LogP contribution in [0.4, 0.5) is 0 Å². The number of rotatable bonds is 12. The van der Waals surface area contributed by atoms with Crippen molar-refractivity contribution in [3.05, 3.63) is 58.3 Å².